The fraction of sp³-hybridized carbons (Fsp3) is 0.556. The number of quaternary nitrogens is 1. The molecule has 2 unspecified atom stereocenters. The van der Waals surface area contributed by atoms with Crippen LogP contribution in [0.5, 0.6) is 0 Å². The Bertz CT molecular complexity index is 592. The van der Waals surface area contributed by atoms with Gasteiger partial charge in [0.1, 0.15) is 5.92 Å². The number of esters is 1. The van der Waals surface area contributed by atoms with E-state index in [9.17, 15) is 9.59 Å². The molecule has 0 bridgehead atoms. The number of carbonyl (C=O) groups is 2. The fourth-order valence-electron chi connectivity index (χ4n) is 3.08. The second-order valence-electron chi connectivity index (χ2n) is 6.31. The van der Waals surface area contributed by atoms with Crippen molar-refractivity contribution in [3.63, 3.8) is 0 Å². The van der Waals surface area contributed by atoms with Crippen molar-refractivity contribution < 1.29 is 19.2 Å². The summed E-state index contributed by atoms with van der Waals surface area (Å²) < 4.78 is 6.15. The SMILES string of the molecule is CCOC(=O)C1CCC[NH+](CCC(=O)Nc2ccc(Br)c(C)c2)C1. The molecule has 1 aromatic rings. The van der Waals surface area contributed by atoms with Crippen molar-refractivity contribution in [2.45, 2.75) is 33.1 Å². The third kappa shape index (κ3) is 5.60. The first-order valence-electron chi connectivity index (χ1n) is 8.55. The molecular weight excluding hydrogens is 372 g/mol. The minimum absolute atomic E-state index is 0.0162. The summed E-state index contributed by atoms with van der Waals surface area (Å²) in [5, 5.41) is 2.94. The summed E-state index contributed by atoms with van der Waals surface area (Å²) >= 11 is 3.45. The second kappa shape index (κ2) is 9.18. The van der Waals surface area contributed by atoms with Crippen molar-refractivity contribution in [1.82, 2.24) is 0 Å². The van der Waals surface area contributed by atoms with Gasteiger partial charge in [0.05, 0.1) is 32.7 Å². The Morgan fingerprint density at radius 3 is 2.92 bits per heavy atom. The Morgan fingerprint density at radius 1 is 1.42 bits per heavy atom. The maximum atomic E-state index is 12.1. The largest absolute Gasteiger partial charge is 0.466 e. The van der Waals surface area contributed by atoms with Crippen LogP contribution >= 0.6 is 15.9 Å². The minimum atomic E-state index is -0.0931. The first-order valence-corrected chi connectivity index (χ1v) is 9.35. The molecule has 2 N–H and O–H groups in total. The van der Waals surface area contributed by atoms with Crippen LogP contribution in [-0.4, -0.2) is 38.1 Å². The molecule has 2 atom stereocenters. The summed E-state index contributed by atoms with van der Waals surface area (Å²) in [5.74, 6) is -0.0992. The molecule has 1 aliphatic rings. The van der Waals surface area contributed by atoms with Gasteiger partial charge in [-0.3, -0.25) is 9.59 Å². The number of aryl methyl sites for hydroxylation is 1. The standard InChI is InChI=1S/C18H25BrN2O3/c1-3-24-18(23)14-5-4-9-21(12-14)10-8-17(22)20-15-6-7-16(19)13(2)11-15/h6-7,11,14H,3-5,8-10,12H2,1-2H3,(H,20,22)/p+1. The Kier molecular flexibility index (Phi) is 7.24. The number of likely N-dealkylation sites (tertiary alicyclic amines) is 1. The number of hydrogen-bond donors (Lipinski definition) is 2. The zero-order valence-corrected chi connectivity index (χ0v) is 15.9. The highest BCUT2D eigenvalue weighted by atomic mass is 79.9. The van der Waals surface area contributed by atoms with Gasteiger partial charge in [-0.1, -0.05) is 15.9 Å². The lowest BCUT2D eigenvalue weighted by Crippen LogP contribution is -3.13. The number of nitrogens with one attached hydrogen (secondary N) is 2. The van der Waals surface area contributed by atoms with Crippen LogP contribution in [0.1, 0.15) is 31.7 Å². The highest BCUT2D eigenvalue weighted by Crippen LogP contribution is 2.20. The lowest BCUT2D eigenvalue weighted by atomic mass is 9.98. The van der Waals surface area contributed by atoms with Crippen molar-refractivity contribution >= 4 is 33.5 Å². The molecule has 1 saturated heterocycles. The number of anilines is 1. The van der Waals surface area contributed by atoms with E-state index in [0.29, 0.717) is 13.0 Å². The van der Waals surface area contributed by atoms with Gasteiger partial charge in [0.25, 0.3) is 0 Å². The van der Waals surface area contributed by atoms with Crippen LogP contribution in [0.3, 0.4) is 0 Å². The summed E-state index contributed by atoms with van der Waals surface area (Å²) in [6.45, 7) is 6.79. The number of halogens is 1. The quantitative estimate of drug-likeness (QED) is 0.721. The van der Waals surface area contributed by atoms with Crippen molar-refractivity contribution in [2.24, 2.45) is 5.92 Å². The van der Waals surface area contributed by atoms with Gasteiger partial charge in [0, 0.05) is 10.2 Å². The maximum Gasteiger partial charge on any atom is 0.314 e. The molecule has 0 aromatic heterocycles. The van der Waals surface area contributed by atoms with Gasteiger partial charge in [0.15, 0.2) is 0 Å². The van der Waals surface area contributed by atoms with E-state index in [-0.39, 0.29) is 17.8 Å². The normalized spacial score (nSPS) is 20.5. The van der Waals surface area contributed by atoms with Gasteiger partial charge in [-0.2, -0.15) is 0 Å². The van der Waals surface area contributed by atoms with Crippen LogP contribution in [0.2, 0.25) is 0 Å². The zero-order valence-electron chi connectivity index (χ0n) is 14.4. The highest BCUT2D eigenvalue weighted by Gasteiger charge is 2.29. The molecule has 1 aliphatic heterocycles. The van der Waals surface area contributed by atoms with E-state index in [1.54, 1.807) is 0 Å². The van der Waals surface area contributed by atoms with Crippen molar-refractivity contribution in [3.8, 4) is 0 Å². The van der Waals surface area contributed by atoms with Crippen molar-refractivity contribution in [3.05, 3.63) is 28.2 Å². The van der Waals surface area contributed by atoms with E-state index < -0.39 is 0 Å². The molecule has 2 rings (SSSR count). The third-order valence-electron chi connectivity index (χ3n) is 4.39. The molecule has 24 heavy (non-hydrogen) atoms. The summed E-state index contributed by atoms with van der Waals surface area (Å²) in [4.78, 5) is 25.3. The molecule has 0 spiro atoms. The molecule has 1 heterocycles. The van der Waals surface area contributed by atoms with E-state index in [2.05, 4.69) is 21.2 Å². The van der Waals surface area contributed by atoms with Gasteiger partial charge in [0.2, 0.25) is 5.91 Å². The lowest BCUT2D eigenvalue weighted by Gasteiger charge is -2.28. The number of rotatable bonds is 6. The fourth-order valence-corrected chi connectivity index (χ4v) is 3.32. The monoisotopic (exact) mass is 397 g/mol. The molecule has 1 aromatic carbocycles. The average Bonchev–Trinajstić information content (AvgIpc) is 2.57. The maximum absolute atomic E-state index is 12.1. The summed E-state index contributed by atoms with van der Waals surface area (Å²) in [7, 11) is 0. The molecule has 0 saturated carbocycles. The number of amides is 1. The predicted octanol–water partition coefficient (Wildman–Crippen LogP) is 1.94. The van der Waals surface area contributed by atoms with Crippen molar-refractivity contribution in [2.75, 3.05) is 31.6 Å². The summed E-state index contributed by atoms with van der Waals surface area (Å²) in [5.41, 5.74) is 1.91. The highest BCUT2D eigenvalue weighted by molar-refractivity contribution is 9.10. The second-order valence-corrected chi connectivity index (χ2v) is 7.16. The van der Waals surface area contributed by atoms with Crippen molar-refractivity contribution in [1.29, 1.82) is 0 Å². The zero-order chi connectivity index (χ0) is 17.5. The number of piperidine rings is 1. The molecule has 5 nitrogen and oxygen atoms in total. The van der Waals surface area contributed by atoms with Gasteiger partial charge < -0.3 is 15.0 Å². The Labute approximate surface area is 151 Å². The van der Waals surface area contributed by atoms with Crippen LogP contribution in [0.15, 0.2) is 22.7 Å². The Hall–Kier alpha value is -1.40. The Balaban J connectivity index is 1.78. The summed E-state index contributed by atoms with van der Waals surface area (Å²) in [6.07, 6.45) is 2.36. The van der Waals surface area contributed by atoms with Crippen LogP contribution in [0.25, 0.3) is 0 Å². The van der Waals surface area contributed by atoms with Crippen LogP contribution in [0, 0.1) is 12.8 Å². The Morgan fingerprint density at radius 2 is 2.21 bits per heavy atom. The molecule has 0 aliphatic carbocycles. The van der Waals surface area contributed by atoms with Gasteiger partial charge in [-0.25, -0.2) is 0 Å². The van der Waals surface area contributed by atoms with E-state index in [1.165, 1.54) is 4.90 Å². The molecule has 0 radical (unpaired) electrons. The molecule has 1 fully saturated rings. The molecule has 6 heteroatoms. The van der Waals surface area contributed by atoms with Crippen LogP contribution < -0.4 is 10.2 Å². The number of carbonyl (C=O) groups excluding carboxylic acids is 2. The number of ether oxygens (including phenoxy) is 1. The first-order chi connectivity index (χ1) is 11.5. The van der Waals surface area contributed by atoms with E-state index in [4.69, 9.17) is 4.74 Å². The average molecular weight is 398 g/mol. The van der Waals surface area contributed by atoms with E-state index in [0.717, 1.165) is 48.2 Å². The topological polar surface area (TPSA) is 59.8 Å². The van der Waals surface area contributed by atoms with Crippen LogP contribution in [0.4, 0.5) is 5.69 Å². The smallest absolute Gasteiger partial charge is 0.314 e. The minimum Gasteiger partial charge on any atom is -0.466 e. The predicted molar refractivity (Wildman–Crippen MR) is 97.0 cm³/mol. The molecule has 132 valence electrons. The molecular formula is C18H26BrN2O3+. The number of benzene rings is 1. The third-order valence-corrected chi connectivity index (χ3v) is 5.27. The summed E-state index contributed by atoms with van der Waals surface area (Å²) in [6, 6.07) is 5.77. The lowest BCUT2D eigenvalue weighted by molar-refractivity contribution is -0.906. The van der Waals surface area contributed by atoms with Crippen LogP contribution in [-0.2, 0) is 14.3 Å². The number of hydrogen-bond acceptors (Lipinski definition) is 3. The van der Waals surface area contributed by atoms with E-state index >= 15 is 0 Å². The first kappa shape index (κ1) is 18.9. The van der Waals surface area contributed by atoms with Gasteiger partial charge >= 0.3 is 5.97 Å². The molecule has 1 amide bonds. The van der Waals surface area contributed by atoms with E-state index in [1.807, 2.05) is 32.0 Å². The van der Waals surface area contributed by atoms with Gasteiger partial charge in [-0.05, 0) is 50.5 Å². The van der Waals surface area contributed by atoms with Gasteiger partial charge in [-0.15, -0.1) is 0 Å².